The van der Waals surface area contributed by atoms with Crippen LogP contribution in [-0.2, 0) is 16.0 Å². The van der Waals surface area contributed by atoms with Crippen LogP contribution >= 0.6 is 0 Å². The van der Waals surface area contributed by atoms with Crippen LogP contribution in [0.3, 0.4) is 0 Å². The van der Waals surface area contributed by atoms with Crippen LogP contribution in [0.15, 0.2) is 48.8 Å². The number of likely N-dealkylation sites (tertiary alicyclic amines) is 1. The number of piperazine rings is 1. The van der Waals surface area contributed by atoms with E-state index < -0.39 is 11.5 Å². The van der Waals surface area contributed by atoms with Gasteiger partial charge in [0.1, 0.15) is 11.9 Å². The molecule has 1 saturated carbocycles. The molecule has 2 saturated heterocycles. The van der Waals surface area contributed by atoms with Crippen LogP contribution in [-0.4, -0.2) is 65.4 Å². The molecule has 41 heavy (non-hydrogen) atoms. The van der Waals surface area contributed by atoms with Gasteiger partial charge in [-0.1, -0.05) is 44.6 Å². The van der Waals surface area contributed by atoms with Crippen molar-refractivity contribution in [3.63, 3.8) is 0 Å². The second kappa shape index (κ2) is 12.7. The number of benzene rings is 1. The molecule has 3 fully saturated rings. The standard InChI is InChI=1S/C32H46FN5O3/c1-22-20-38(21-23(2)34-22)30(41)35-27(19-24-11-13-26(33)14-12-24)28(39)37-17-15-32(16-18-37,25-9-7-6-8-10-25)29(40)36-31(3,4)5/h11-14,25,27,34H,1-2,6-10,15-21H2,3-5H3,(H,35,41)(H,36,40)/t27-/m1/s1. The summed E-state index contributed by atoms with van der Waals surface area (Å²) in [6.07, 6.45) is 6.97. The summed E-state index contributed by atoms with van der Waals surface area (Å²) < 4.78 is 13.6. The van der Waals surface area contributed by atoms with Gasteiger partial charge in [0.2, 0.25) is 11.8 Å². The molecule has 3 N–H and O–H groups in total. The van der Waals surface area contributed by atoms with Crippen molar-refractivity contribution in [2.75, 3.05) is 26.2 Å². The molecule has 1 aromatic rings. The first-order valence-electron chi connectivity index (χ1n) is 14.9. The van der Waals surface area contributed by atoms with Gasteiger partial charge in [0.25, 0.3) is 0 Å². The lowest BCUT2D eigenvalue weighted by molar-refractivity contribution is -0.147. The lowest BCUT2D eigenvalue weighted by Gasteiger charge is -2.48. The third kappa shape index (κ3) is 7.68. The topological polar surface area (TPSA) is 93.8 Å². The lowest BCUT2D eigenvalue weighted by atomic mass is 9.63. The molecule has 224 valence electrons. The molecule has 8 nitrogen and oxygen atoms in total. The summed E-state index contributed by atoms with van der Waals surface area (Å²) in [5.74, 6) is -0.148. The van der Waals surface area contributed by atoms with Gasteiger partial charge in [0, 0.05) is 36.4 Å². The molecule has 4 rings (SSSR count). The van der Waals surface area contributed by atoms with Gasteiger partial charge in [-0.15, -0.1) is 0 Å². The van der Waals surface area contributed by atoms with Gasteiger partial charge in [-0.05, 0) is 70.1 Å². The zero-order valence-corrected chi connectivity index (χ0v) is 24.9. The zero-order valence-electron chi connectivity index (χ0n) is 24.9. The van der Waals surface area contributed by atoms with E-state index in [1.54, 1.807) is 21.9 Å². The van der Waals surface area contributed by atoms with Crippen LogP contribution in [0, 0.1) is 17.2 Å². The Morgan fingerprint density at radius 1 is 1.00 bits per heavy atom. The molecule has 1 aliphatic carbocycles. The number of nitrogens with zero attached hydrogens (tertiary/aromatic N) is 2. The van der Waals surface area contributed by atoms with Crippen molar-refractivity contribution in [1.29, 1.82) is 0 Å². The number of carbonyl (C=O) groups excluding carboxylic acids is 3. The molecule has 2 aliphatic heterocycles. The molecule has 4 amide bonds. The molecule has 1 aromatic carbocycles. The van der Waals surface area contributed by atoms with E-state index in [-0.39, 0.29) is 35.6 Å². The largest absolute Gasteiger partial charge is 0.360 e. The van der Waals surface area contributed by atoms with Gasteiger partial charge in [0.15, 0.2) is 0 Å². The number of halogens is 1. The molecule has 0 bridgehead atoms. The summed E-state index contributed by atoms with van der Waals surface area (Å²) in [5, 5.41) is 9.23. The second-order valence-electron chi connectivity index (χ2n) is 13.0. The van der Waals surface area contributed by atoms with E-state index in [0.717, 1.165) is 31.2 Å². The first-order valence-corrected chi connectivity index (χ1v) is 14.9. The molecule has 0 spiro atoms. The van der Waals surface area contributed by atoms with Crippen molar-refractivity contribution in [3.05, 3.63) is 60.2 Å². The smallest absolute Gasteiger partial charge is 0.318 e. The number of nitrogens with one attached hydrogen (secondary N) is 3. The first-order chi connectivity index (χ1) is 19.4. The fraction of sp³-hybridized carbons (Fsp3) is 0.594. The molecule has 0 radical (unpaired) electrons. The monoisotopic (exact) mass is 567 g/mol. The van der Waals surface area contributed by atoms with Gasteiger partial charge in [-0.25, -0.2) is 9.18 Å². The number of amides is 4. The number of hydrogen-bond donors (Lipinski definition) is 3. The van der Waals surface area contributed by atoms with Gasteiger partial charge in [-0.3, -0.25) is 9.59 Å². The summed E-state index contributed by atoms with van der Waals surface area (Å²) in [7, 11) is 0. The Labute approximate surface area is 243 Å². The van der Waals surface area contributed by atoms with E-state index in [9.17, 15) is 18.8 Å². The van der Waals surface area contributed by atoms with E-state index in [2.05, 4.69) is 29.1 Å². The molecule has 0 unspecified atom stereocenters. The van der Waals surface area contributed by atoms with Crippen molar-refractivity contribution in [1.82, 2.24) is 25.8 Å². The highest BCUT2D eigenvalue weighted by Gasteiger charge is 2.49. The van der Waals surface area contributed by atoms with Crippen molar-refractivity contribution >= 4 is 17.8 Å². The van der Waals surface area contributed by atoms with Crippen molar-refractivity contribution in [2.45, 2.75) is 83.7 Å². The maximum Gasteiger partial charge on any atom is 0.318 e. The number of carbonyl (C=O) groups is 3. The van der Waals surface area contributed by atoms with E-state index in [1.807, 2.05) is 20.8 Å². The van der Waals surface area contributed by atoms with Gasteiger partial charge >= 0.3 is 6.03 Å². The van der Waals surface area contributed by atoms with Crippen LogP contribution in [0.4, 0.5) is 9.18 Å². The Bertz CT molecular complexity index is 1130. The Morgan fingerprint density at radius 2 is 1.59 bits per heavy atom. The summed E-state index contributed by atoms with van der Waals surface area (Å²) in [5.41, 5.74) is 1.22. The van der Waals surface area contributed by atoms with E-state index in [0.29, 0.717) is 56.3 Å². The number of rotatable bonds is 6. The zero-order chi connectivity index (χ0) is 29.8. The maximum absolute atomic E-state index is 14.0. The van der Waals surface area contributed by atoms with Crippen molar-refractivity contribution in [3.8, 4) is 0 Å². The Balaban J connectivity index is 1.51. The minimum atomic E-state index is -0.838. The quantitative estimate of drug-likeness (QED) is 0.473. The maximum atomic E-state index is 14.0. The highest BCUT2D eigenvalue weighted by atomic mass is 19.1. The third-order valence-electron chi connectivity index (χ3n) is 8.65. The highest BCUT2D eigenvalue weighted by molar-refractivity contribution is 5.88. The summed E-state index contributed by atoms with van der Waals surface area (Å²) in [6.45, 7) is 15.3. The lowest BCUT2D eigenvalue weighted by Crippen LogP contribution is -2.60. The van der Waals surface area contributed by atoms with Gasteiger partial charge in [-0.2, -0.15) is 0 Å². The second-order valence-corrected chi connectivity index (χ2v) is 13.0. The molecule has 9 heteroatoms. The van der Waals surface area contributed by atoms with Crippen LogP contribution in [0.2, 0.25) is 0 Å². The molecular weight excluding hydrogens is 521 g/mol. The Kier molecular flexibility index (Phi) is 9.44. The Hall–Kier alpha value is -3.36. The number of urea groups is 1. The average Bonchev–Trinajstić information content (AvgIpc) is 2.92. The molecule has 2 heterocycles. The van der Waals surface area contributed by atoms with E-state index in [1.165, 1.54) is 18.6 Å². The third-order valence-corrected chi connectivity index (χ3v) is 8.65. The number of piperidine rings is 1. The fourth-order valence-electron chi connectivity index (χ4n) is 6.57. The summed E-state index contributed by atoms with van der Waals surface area (Å²) in [4.78, 5) is 44.4. The predicted octanol–water partition coefficient (Wildman–Crippen LogP) is 4.48. The van der Waals surface area contributed by atoms with Crippen LogP contribution < -0.4 is 16.0 Å². The van der Waals surface area contributed by atoms with E-state index >= 15 is 0 Å². The van der Waals surface area contributed by atoms with Crippen LogP contribution in [0.25, 0.3) is 0 Å². The molecule has 0 aromatic heterocycles. The molecule has 1 atom stereocenters. The summed E-state index contributed by atoms with van der Waals surface area (Å²) in [6, 6.07) is 4.77. The Morgan fingerprint density at radius 3 is 2.15 bits per heavy atom. The first kappa shape index (κ1) is 30.6. The van der Waals surface area contributed by atoms with Gasteiger partial charge < -0.3 is 25.8 Å². The minimum Gasteiger partial charge on any atom is -0.360 e. The van der Waals surface area contributed by atoms with E-state index in [4.69, 9.17) is 0 Å². The predicted molar refractivity (Wildman–Crippen MR) is 158 cm³/mol. The summed E-state index contributed by atoms with van der Waals surface area (Å²) >= 11 is 0. The molecule has 3 aliphatic rings. The normalized spacial score (nSPS) is 20.7. The van der Waals surface area contributed by atoms with Gasteiger partial charge in [0.05, 0.1) is 18.5 Å². The van der Waals surface area contributed by atoms with Crippen molar-refractivity contribution in [2.24, 2.45) is 11.3 Å². The van der Waals surface area contributed by atoms with Crippen molar-refractivity contribution < 1.29 is 18.8 Å². The van der Waals surface area contributed by atoms with Crippen LogP contribution in [0.5, 0.6) is 0 Å². The highest BCUT2D eigenvalue weighted by Crippen LogP contribution is 2.46. The number of hydrogen-bond acceptors (Lipinski definition) is 4. The minimum absolute atomic E-state index is 0.0966. The SMILES string of the molecule is C=C1CN(C(=O)N[C@H](Cc2ccc(F)cc2)C(=O)N2CCC(C(=O)NC(C)(C)C)(C3CCCCC3)CC2)CC(=C)N1. The average molecular weight is 568 g/mol. The fourth-order valence-corrected chi connectivity index (χ4v) is 6.57. The molecular formula is C32H46FN5O3. The van der Waals surface area contributed by atoms with Crippen LogP contribution in [0.1, 0.15) is 71.3 Å².